The van der Waals surface area contributed by atoms with E-state index in [2.05, 4.69) is 15.0 Å². The Bertz CT molecular complexity index is 951. The molecule has 134 valence electrons. The summed E-state index contributed by atoms with van der Waals surface area (Å²) in [6, 6.07) is 3.75. The number of aromatic nitrogens is 3. The van der Waals surface area contributed by atoms with Crippen molar-refractivity contribution in [3.63, 3.8) is 0 Å². The summed E-state index contributed by atoms with van der Waals surface area (Å²) in [7, 11) is 0. The number of nitrogens with zero attached hydrogens (tertiary/aromatic N) is 4. The van der Waals surface area contributed by atoms with Crippen molar-refractivity contribution >= 4 is 44.9 Å². The van der Waals surface area contributed by atoms with Crippen molar-refractivity contribution in [3.05, 3.63) is 29.4 Å². The van der Waals surface area contributed by atoms with Gasteiger partial charge in [-0.1, -0.05) is 0 Å². The molecule has 1 saturated heterocycles. The maximum absolute atomic E-state index is 12.9. The maximum Gasteiger partial charge on any atom is 0.266 e. The van der Waals surface area contributed by atoms with Crippen molar-refractivity contribution in [3.8, 4) is 11.4 Å². The highest BCUT2D eigenvalue weighted by atomic mass is 32.2. The number of pyridine rings is 1. The van der Waals surface area contributed by atoms with E-state index in [4.69, 9.17) is 5.73 Å². The van der Waals surface area contributed by atoms with Crippen molar-refractivity contribution < 1.29 is 4.79 Å². The third kappa shape index (κ3) is 3.03. The van der Waals surface area contributed by atoms with E-state index in [1.807, 2.05) is 23.3 Å². The smallest absolute Gasteiger partial charge is 0.266 e. The van der Waals surface area contributed by atoms with E-state index in [1.54, 1.807) is 12.4 Å². The highest BCUT2D eigenvalue weighted by Crippen LogP contribution is 2.39. The molecule has 1 aliphatic heterocycles. The van der Waals surface area contributed by atoms with E-state index in [1.165, 1.54) is 29.5 Å². The molecule has 0 radical (unpaired) electrons. The van der Waals surface area contributed by atoms with Crippen molar-refractivity contribution in [2.24, 2.45) is 0 Å². The number of thiophene rings is 1. The first-order valence-electron chi connectivity index (χ1n) is 8.52. The van der Waals surface area contributed by atoms with Gasteiger partial charge in [0.2, 0.25) is 0 Å². The largest absolute Gasteiger partial charge is 0.397 e. The van der Waals surface area contributed by atoms with Gasteiger partial charge in [-0.25, -0.2) is 9.97 Å². The molecule has 0 spiro atoms. The van der Waals surface area contributed by atoms with Gasteiger partial charge in [0.05, 0.1) is 11.1 Å². The first kappa shape index (κ1) is 17.2. The number of nitrogen functional groups attached to an aromatic ring is 1. The van der Waals surface area contributed by atoms with Gasteiger partial charge in [0.1, 0.15) is 14.7 Å². The fourth-order valence-corrected chi connectivity index (χ4v) is 4.88. The molecule has 1 aliphatic rings. The standard InChI is InChI=1S/C18H19N5OS2/c1-25-16-12-13(19)14(18(24)23-9-3-2-4-10-23)26-17(12)22-15(21-16)11-5-7-20-8-6-11/h5-8H,2-4,9-10,19H2,1H3. The molecular weight excluding hydrogens is 366 g/mol. The lowest BCUT2D eigenvalue weighted by atomic mass is 10.1. The third-order valence-corrected chi connectivity index (χ3v) is 6.29. The van der Waals surface area contributed by atoms with Gasteiger partial charge >= 0.3 is 0 Å². The second-order valence-electron chi connectivity index (χ2n) is 6.17. The van der Waals surface area contributed by atoms with Crippen molar-refractivity contribution in [2.45, 2.75) is 24.3 Å². The Morgan fingerprint density at radius 3 is 2.62 bits per heavy atom. The first-order valence-corrected chi connectivity index (χ1v) is 10.6. The Labute approximate surface area is 159 Å². The molecule has 3 aromatic heterocycles. The van der Waals surface area contributed by atoms with Crippen LogP contribution >= 0.6 is 23.1 Å². The van der Waals surface area contributed by atoms with E-state index in [9.17, 15) is 4.79 Å². The van der Waals surface area contributed by atoms with E-state index in [0.717, 1.165) is 46.7 Å². The summed E-state index contributed by atoms with van der Waals surface area (Å²) in [6.07, 6.45) is 8.69. The molecule has 2 N–H and O–H groups in total. The molecule has 0 saturated carbocycles. The number of nitrogens with two attached hydrogens (primary N) is 1. The molecule has 0 aromatic carbocycles. The van der Waals surface area contributed by atoms with E-state index in [0.29, 0.717) is 16.4 Å². The van der Waals surface area contributed by atoms with Crippen LogP contribution in [0.2, 0.25) is 0 Å². The number of amides is 1. The predicted octanol–water partition coefficient (Wildman–Crippen LogP) is 3.68. The number of piperidine rings is 1. The second-order valence-corrected chi connectivity index (χ2v) is 7.96. The van der Waals surface area contributed by atoms with Crippen LogP contribution in [0.1, 0.15) is 28.9 Å². The lowest BCUT2D eigenvalue weighted by Crippen LogP contribution is -2.35. The van der Waals surface area contributed by atoms with Crippen LogP contribution in [0.25, 0.3) is 21.6 Å². The number of likely N-dealkylation sites (tertiary alicyclic amines) is 1. The molecule has 8 heteroatoms. The molecule has 1 amide bonds. The third-order valence-electron chi connectivity index (χ3n) is 4.52. The molecule has 0 bridgehead atoms. The maximum atomic E-state index is 12.9. The monoisotopic (exact) mass is 385 g/mol. The van der Waals surface area contributed by atoms with Gasteiger partial charge in [0.15, 0.2) is 5.82 Å². The topological polar surface area (TPSA) is 85.0 Å². The Hall–Kier alpha value is -2.19. The van der Waals surface area contributed by atoms with Gasteiger partial charge in [-0.3, -0.25) is 9.78 Å². The predicted molar refractivity (Wildman–Crippen MR) is 107 cm³/mol. The molecule has 6 nitrogen and oxygen atoms in total. The van der Waals surface area contributed by atoms with Crippen LogP contribution in [0.4, 0.5) is 5.69 Å². The lowest BCUT2D eigenvalue weighted by molar-refractivity contribution is 0.0730. The molecule has 3 aromatic rings. The van der Waals surface area contributed by atoms with Gasteiger partial charge in [0.25, 0.3) is 5.91 Å². The number of hydrogen-bond donors (Lipinski definition) is 1. The normalized spacial score (nSPS) is 14.7. The van der Waals surface area contributed by atoms with Crippen LogP contribution < -0.4 is 5.73 Å². The molecule has 26 heavy (non-hydrogen) atoms. The zero-order chi connectivity index (χ0) is 18.1. The summed E-state index contributed by atoms with van der Waals surface area (Å²) in [5.41, 5.74) is 7.77. The Balaban J connectivity index is 1.82. The average Bonchev–Trinajstić information content (AvgIpc) is 3.04. The van der Waals surface area contributed by atoms with Gasteiger partial charge in [-0.15, -0.1) is 23.1 Å². The molecule has 1 fully saturated rings. The van der Waals surface area contributed by atoms with Crippen LogP contribution in [-0.2, 0) is 0 Å². The molecule has 4 rings (SSSR count). The number of rotatable bonds is 3. The minimum Gasteiger partial charge on any atom is -0.397 e. The molecule has 0 unspecified atom stereocenters. The van der Waals surface area contributed by atoms with E-state index in [-0.39, 0.29) is 5.91 Å². The average molecular weight is 386 g/mol. The molecule has 4 heterocycles. The minimum absolute atomic E-state index is 0.0164. The SMILES string of the molecule is CSc1nc(-c2ccncc2)nc2sc(C(=O)N3CCCCC3)c(N)c12. The van der Waals surface area contributed by atoms with Gasteiger partial charge < -0.3 is 10.6 Å². The molecule has 0 aliphatic carbocycles. The van der Waals surface area contributed by atoms with Crippen LogP contribution in [0, 0.1) is 0 Å². The Morgan fingerprint density at radius 1 is 1.19 bits per heavy atom. The number of fused-ring (bicyclic) bond motifs is 1. The van der Waals surface area contributed by atoms with Crippen LogP contribution in [-0.4, -0.2) is 45.1 Å². The van der Waals surface area contributed by atoms with Crippen molar-refractivity contribution in [2.75, 3.05) is 25.1 Å². The summed E-state index contributed by atoms with van der Waals surface area (Å²) in [4.78, 5) is 29.6. The summed E-state index contributed by atoms with van der Waals surface area (Å²) < 4.78 is 0. The van der Waals surface area contributed by atoms with Crippen LogP contribution in [0.5, 0.6) is 0 Å². The highest BCUT2D eigenvalue weighted by molar-refractivity contribution is 7.98. The van der Waals surface area contributed by atoms with Crippen LogP contribution in [0.15, 0.2) is 29.6 Å². The molecular formula is C18H19N5OS2. The zero-order valence-corrected chi connectivity index (χ0v) is 16.1. The van der Waals surface area contributed by atoms with Crippen LogP contribution in [0.3, 0.4) is 0 Å². The summed E-state index contributed by atoms with van der Waals surface area (Å²) in [5, 5.41) is 1.59. The zero-order valence-electron chi connectivity index (χ0n) is 14.4. The van der Waals surface area contributed by atoms with E-state index >= 15 is 0 Å². The fraction of sp³-hybridized carbons (Fsp3) is 0.333. The minimum atomic E-state index is 0.0164. The summed E-state index contributed by atoms with van der Waals surface area (Å²) in [5.74, 6) is 0.644. The quantitative estimate of drug-likeness (QED) is 0.547. The first-order chi connectivity index (χ1) is 12.7. The van der Waals surface area contributed by atoms with Crippen molar-refractivity contribution in [1.29, 1.82) is 0 Å². The number of anilines is 1. The summed E-state index contributed by atoms with van der Waals surface area (Å²) >= 11 is 2.88. The number of carbonyl (C=O) groups excluding carboxylic acids is 1. The highest BCUT2D eigenvalue weighted by Gasteiger charge is 2.26. The fourth-order valence-electron chi connectivity index (χ4n) is 3.17. The molecule has 0 atom stereocenters. The second kappa shape index (κ2) is 7.20. The number of carbonyl (C=O) groups is 1. The van der Waals surface area contributed by atoms with Gasteiger partial charge in [-0.05, 0) is 37.7 Å². The summed E-state index contributed by atoms with van der Waals surface area (Å²) in [6.45, 7) is 1.60. The number of thioether (sulfide) groups is 1. The Morgan fingerprint density at radius 2 is 1.92 bits per heavy atom. The lowest BCUT2D eigenvalue weighted by Gasteiger charge is -2.26. The van der Waals surface area contributed by atoms with Gasteiger partial charge in [0, 0.05) is 31.0 Å². The Kier molecular flexibility index (Phi) is 4.78. The number of hydrogen-bond acceptors (Lipinski definition) is 7. The van der Waals surface area contributed by atoms with E-state index < -0.39 is 0 Å². The van der Waals surface area contributed by atoms with Gasteiger partial charge in [-0.2, -0.15) is 0 Å². The van der Waals surface area contributed by atoms with Crippen molar-refractivity contribution in [1.82, 2.24) is 19.9 Å².